The van der Waals surface area contributed by atoms with Crippen LogP contribution in [0.1, 0.15) is 27.2 Å². The van der Waals surface area contributed by atoms with Crippen molar-refractivity contribution in [3.05, 3.63) is 0 Å². The quantitative estimate of drug-likeness (QED) is 0.513. The highest BCUT2D eigenvalue weighted by molar-refractivity contribution is 5.86. The van der Waals surface area contributed by atoms with Crippen LogP contribution in [0.2, 0.25) is 0 Å². The first kappa shape index (κ1) is 16.2. The molecule has 0 aliphatic carbocycles. The largest absolute Gasteiger partial charge is 0.480 e. The van der Waals surface area contributed by atoms with Gasteiger partial charge in [-0.25, -0.2) is 9.59 Å². The van der Waals surface area contributed by atoms with Gasteiger partial charge in [-0.2, -0.15) is 0 Å². The number of hydrogen-bond donors (Lipinski definition) is 4. The molecule has 0 aliphatic rings. The monoisotopic (exact) mass is 259 g/mol. The summed E-state index contributed by atoms with van der Waals surface area (Å²) in [6.07, 6.45) is 0.812. The molecule has 0 fully saturated rings. The molecule has 0 aliphatic heterocycles. The number of amides is 3. The maximum Gasteiger partial charge on any atom is 0.326 e. The highest BCUT2D eigenvalue weighted by atomic mass is 16.4. The van der Waals surface area contributed by atoms with E-state index in [0.29, 0.717) is 6.54 Å². The summed E-state index contributed by atoms with van der Waals surface area (Å²) in [6.45, 7) is 5.67. The van der Waals surface area contributed by atoms with E-state index >= 15 is 0 Å². The Balaban J connectivity index is 4.03. The summed E-state index contributed by atoms with van der Waals surface area (Å²) in [6, 6.07) is -1.63. The summed E-state index contributed by atoms with van der Waals surface area (Å²) in [4.78, 5) is 33.4. The molecular weight excluding hydrogens is 238 g/mol. The summed E-state index contributed by atoms with van der Waals surface area (Å²) >= 11 is 0. The van der Waals surface area contributed by atoms with E-state index in [0.717, 1.165) is 6.42 Å². The van der Waals surface area contributed by atoms with Gasteiger partial charge in [0.25, 0.3) is 0 Å². The molecule has 0 heterocycles. The molecular formula is C11H21N3O4. The molecule has 0 rings (SSSR count). The molecule has 104 valence electrons. The van der Waals surface area contributed by atoms with Crippen LogP contribution < -0.4 is 16.0 Å². The van der Waals surface area contributed by atoms with Crippen molar-refractivity contribution in [3.63, 3.8) is 0 Å². The van der Waals surface area contributed by atoms with E-state index in [1.807, 2.05) is 6.92 Å². The first-order valence-corrected chi connectivity index (χ1v) is 5.92. The van der Waals surface area contributed by atoms with Crippen molar-refractivity contribution in [2.24, 2.45) is 5.92 Å². The smallest absolute Gasteiger partial charge is 0.326 e. The predicted octanol–water partition coefficient (Wildman–Crippen LogP) is -0.0790. The lowest BCUT2D eigenvalue weighted by atomic mass is 10.1. The fourth-order valence-corrected chi connectivity index (χ4v) is 1.19. The maximum atomic E-state index is 11.4. The van der Waals surface area contributed by atoms with E-state index in [4.69, 9.17) is 5.11 Å². The number of carbonyl (C=O) groups excluding carboxylic acids is 2. The highest BCUT2D eigenvalue weighted by Gasteiger charge is 2.23. The molecule has 0 spiro atoms. The van der Waals surface area contributed by atoms with Gasteiger partial charge in [-0.3, -0.25) is 4.79 Å². The average molecular weight is 259 g/mol. The van der Waals surface area contributed by atoms with Crippen LogP contribution in [-0.4, -0.2) is 42.1 Å². The molecule has 7 nitrogen and oxygen atoms in total. The van der Waals surface area contributed by atoms with Gasteiger partial charge in [0.05, 0.1) is 6.54 Å². The number of carboxylic acid groups (broad SMARTS) is 1. The minimum absolute atomic E-state index is 0.170. The number of nitrogens with one attached hydrogen (secondary N) is 3. The fraction of sp³-hybridized carbons (Fsp3) is 0.727. The van der Waals surface area contributed by atoms with E-state index in [-0.39, 0.29) is 18.4 Å². The Morgan fingerprint density at radius 3 is 2.22 bits per heavy atom. The lowest BCUT2D eigenvalue weighted by Crippen LogP contribution is -2.50. The number of carbonyl (C=O) groups is 3. The van der Waals surface area contributed by atoms with Crippen molar-refractivity contribution in [2.45, 2.75) is 33.2 Å². The maximum absolute atomic E-state index is 11.4. The third kappa shape index (κ3) is 6.72. The zero-order valence-electron chi connectivity index (χ0n) is 10.9. The van der Waals surface area contributed by atoms with E-state index in [1.165, 1.54) is 0 Å². The molecule has 0 saturated heterocycles. The van der Waals surface area contributed by atoms with Gasteiger partial charge >= 0.3 is 12.0 Å². The highest BCUT2D eigenvalue weighted by Crippen LogP contribution is 2.00. The van der Waals surface area contributed by atoms with Crippen LogP contribution in [0.15, 0.2) is 0 Å². The Morgan fingerprint density at radius 1 is 1.17 bits per heavy atom. The van der Waals surface area contributed by atoms with Gasteiger partial charge in [0.2, 0.25) is 5.91 Å². The summed E-state index contributed by atoms with van der Waals surface area (Å²) in [7, 11) is 0. The lowest BCUT2D eigenvalue weighted by molar-refractivity contribution is -0.140. The normalized spacial score (nSPS) is 11.8. The van der Waals surface area contributed by atoms with Crippen molar-refractivity contribution in [1.82, 2.24) is 16.0 Å². The predicted molar refractivity (Wildman–Crippen MR) is 66.1 cm³/mol. The molecule has 3 amide bonds. The molecule has 7 heteroatoms. The lowest BCUT2D eigenvalue weighted by Gasteiger charge is -2.18. The first-order valence-electron chi connectivity index (χ1n) is 5.92. The number of hydrogen-bond acceptors (Lipinski definition) is 3. The molecule has 1 atom stereocenters. The van der Waals surface area contributed by atoms with E-state index in [1.54, 1.807) is 13.8 Å². The number of urea groups is 1. The molecule has 0 aromatic carbocycles. The first-order chi connectivity index (χ1) is 8.38. The summed E-state index contributed by atoms with van der Waals surface area (Å²) in [5.74, 6) is -1.64. The summed E-state index contributed by atoms with van der Waals surface area (Å²) in [5.41, 5.74) is 0. The van der Waals surface area contributed by atoms with E-state index in [9.17, 15) is 14.4 Å². The third-order valence-electron chi connectivity index (χ3n) is 2.20. The Kier molecular flexibility index (Phi) is 7.50. The Hall–Kier alpha value is -1.79. The SMILES string of the molecule is CCCNC(=O)CNC(=O)NC(C(=O)O)C(C)C. The molecule has 0 aromatic rings. The van der Waals surface area contributed by atoms with Crippen molar-refractivity contribution in [1.29, 1.82) is 0 Å². The standard InChI is InChI=1S/C11H21N3O4/c1-4-5-12-8(15)6-13-11(18)14-9(7(2)3)10(16)17/h7,9H,4-6H2,1-3H3,(H,12,15)(H,16,17)(H2,13,14,18). The van der Waals surface area contributed by atoms with Crippen molar-refractivity contribution >= 4 is 17.9 Å². The Bertz CT molecular complexity index is 305. The average Bonchev–Trinajstić information content (AvgIpc) is 2.29. The molecule has 0 saturated carbocycles. The van der Waals surface area contributed by atoms with Crippen molar-refractivity contribution in [3.8, 4) is 0 Å². The third-order valence-corrected chi connectivity index (χ3v) is 2.20. The fourth-order valence-electron chi connectivity index (χ4n) is 1.19. The van der Waals surface area contributed by atoms with Gasteiger partial charge in [-0.15, -0.1) is 0 Å². The second-order valence-electron chi connectivity index (χ2n) is 4.24. The number of rotatable bonds is 7. The van der Waals surface area contributed by atoms with Crippen molar-refractivity contribution in [2.75, 3.05) is 13.1 Å². The Labute approximate surface area is 106 Å². The zero-order chi connectivity index (χ0) is 14.1. The Morgan fingerprint density at radius 2 is 1.78 bits per heavy atom. The second kappa shape index (κ2) is 8.32. The van der Waals surface area contributed by atoms with Crippen LogP contribution in [0.3, 0.4) is 0 Å². The number of carboxylic acids is 1. The van der Waals surface area contributed by atoms with Gasteiger partial charge < -0.3 is 21.1 Å². The molecule has 4 N–H and O–H groups in total. The molecule has 0 radical (unpaired) electrons. The van der Waals surface area contributed by atoms with E-state index in [2.05, 4.69) is 16.0 Å². The molecule has 1 unspecified atom stereocenters. The van der Waals surface area contributed by atoms with Gasteiger partial charge in [0.1, 0.15) is 6.04 Å². The topological polar surface area (TPSA) is 108 Å². The molecule has 18 heavy (non-hydrogen) atoms. The van der Waals surface area contributed by atoms with Gasteiger partial charge in [-0.05, 0) is 12.3 Å². The van der Waals surface area contributed by atoms with E-state index < -0.39 is 18.0 Å². The van der Waals surface area contributed by atoms with Crippen LogP contribution >= 0.6 is 0 Å². The zero-order valence-corrected chi connectivity index (χ0v) is 10.9. The molecule has 0 bridgehead atoms. The van der Waals surface area contributed by atoms with Crippen LogP contribution in [0.25, 0.3) is 0 Å². The van der Waals surface area contributed by atoms with Crippen LogP contribution in [0, 0.1) is 5.92 Å². The van der Waals surface area contributed by atoms with Crippen molar-refractivity contribution < 1.29 is 19.5 Å². The van der Waals surface area contributed by atoms with Crippen LogP contribution in [0.5, 0.6) is 0 Å². The summed E-state index contributed by atoms with van der Waals surface area (Å²) < 4.78 is 0. The molecule has 0 aromatic heterocycles. The van der Waals surface area contributed by atoms with Crippen LogP contribution in [-0.2, 0) is 9.59 Å². The second-order valence-corrected chi connectivity index (χ2v) is 4.24. The minimum atomic E-state index is -1.10. The van der Waals surface area contributed by atoms with Gasteiger partial charge in [0.15, 0.2) is 0 Å². The van der Waals surface area contributed by atoms with Gasteiger partial charge in [-0.1, -0.05) is 20.8 Å². The number of aliphatic carboxylic acids is 1. The van der Waals surface area contributed by atoms with Crippen LogP contribution in [0.4, 0.5) is 4.79 Å². The van der Waals surface area contributed by atoms with Gasteiger partial charge in [0, 0.05) is 6.54 Å². The minimum Gasteiger partial charge on any atom is -0.480 e. The summed E-state index contributed by atoms with van der Waals surface area (Å²) in [5, 5.41) is 16.1.